The highest BCUT2D eigenvalue weighted by atomic mass is 32.2. The van der Waals surface area contributed by atoms with E-state index in [2.05, 4.69) is 0 Å². The zero-order chi connectivity index (χ0) is 15.2. The number of ether oxygens (including phenoxy) is 1. The van der Waals surface area contributed by atoms with E-state index in [9.17, 15) is 9.59 Å². The van der Waals surface area contributed by atoms with Crippen LogP contribution in [0.15, 0.2) is 53.4 Å². The van der Waals surface area contributed by atoms with Gasteiger partial charge in [-0.2, -0.15) is 0 Å². The SMILES string of the molecule is COC(=O)c1ccccc1SCc1ccc(C(N)=O)cc1. The third-order valence-corrected chi connectivity index (χ3v) is 4.07. The van der Waals surface area contributed by atoms with Crippen LogP contribution < -0.4 is 5.73 Å². The first-order chi connectivity index (χ1) is 10.1. The van der Waals surface area contributed by atoms with Crippen molar-refractivity contribution in [2.24, 2.45) is 5.73 Å². The second-order valence-electron chi connectivity index (χ2n) is 4.34. The average molecular weight is 301 g/mol. The number of thioether (sulfide) groups is 1. The van der Waals surface area contributed by atoms with Crippen LogP contribution in [-0.2, 0) is 10.5 Å². The fraction of sp³-hybridized carbons (Fsp3) is 0.125. The molecule has 0 spiro atoms. The minimum Gasteiger partial charge on any atom is -0.465 e. The maximum Gasteiger partial charge on any atom is 0.338 e. The minimum absolute atomic E-state index is 0.345. The second-order valence-corrected chi connectivity index (χ2v) is 5.35. The first kappa shape index (κ1) is 15.1. The van der Waals surface area contributed by atoms with Gasteiger partial charge in [-0.05, 0) is 29.8 Å². The number of esters is 1. The summed E-state index contributed by atoms with van der Waals surface area (Å²) < 4.78 is 4.77. The molecular weight excluding hydrogens is 286 g/mol. The van der Waals surface area contributed by atoms with E-state index in [0.717, 1.165) is 10.5 Å². The van der Waals surface area contributed by atoms with Crippen LogP contribution in [0.5, 0.6) is 0 Å². The van der Waals surface area contributed by atoms with Crippen molar-refractivity contribution >= 4 is 23.6 Å². The van der Waals surface area contributed by atoms with E-state index in [1.54, 1.807) is 36.0 Å². The number of carbonyl (C=O) groups excluding carboxylic acids is 2. The molecule has 0 bridgehead atoms. The van der Waals surface area contributed by atoms with Crippen LogP contribution in [0.3, 0.4) is 0 Å². The molecule has 0 atom stereocenters. The standard InChI is InChI=1S/C16H15NO3S/c1-20-16(19)13-4-2-3-5-14(13)21-10-11-6-8-12(9-7-11)15(17)18/h2-9H,10H2,1H3,(H2,17,18). The number of nitrogens with two attached hydrogens (primary N) is 1. The van der Waals surface area contributed by atoms with Gasteiger partial charge in [0, 0.05) is 16.2 Å². The van der Waals surface area contributed by atoms with Crippen LogP contribution in [0.4, 0.5) is 0 Å². The largest absolute Gasteiger partial charge is 0.465 e. The van der Waals surface area contributed by atoms with Crippen LogP contribution >= 0.6 is 11.8 Å². The van der Waals surface area contributed by atoms with Crippen LogP contribution in [0.1, 0.15) is 26.3 Å². The number of rotatable bonds is 5. The quantitative estimate of drug-likeness (QED) is 0.681. The first-order valence-electron chi connectivity index (χ1n) is 6.30. The summed E-state index contributed by atoms with van der Waals surface area (Å²) in [4.78, 5) is 23.6. The average Bonchev–Trinajstić information content (AvgIpc) is 2.52. The number of amides is 1. The summed E-state index contributed by atoms with van der Waals surface area (Å²) in [5, 5.41) is 0. The summed E-state index contributed by atoms with van der Waals surface area (Å²) in [6.07, 6.45) is 0. The van der Waals surface area contributed by atoms with Crippen molar-refractivity contribution in [2.45, 2.75) is 10.6 Å². The lowest BCUT2D eigenvalue weighted by atomic mass is 10.1. The van der Waals surface area contributed by atoms with E-state index in [1.165, 1.54) is 7.11 Å². The van der Waals surface area contributed by atoms with Gasteiger partial charge in [-0.1, -0.05) is 24.3 Å². The van der Waals surface area contributed by atoms with Crippen LogP contribution in [-0.4, -0.2) is 19.0 Å². The third kappa shape index (κ3) is 3.86. The number of hydrogen-bond donors (Lipinski definition) is 1. The smallest absolute Gasteiger partial charge is 0.338 e. The van der Waals surface area contributed by atoms with Crippen molar-refractivity contribution in [2.75, 3.05) is 7.11 Å². The van der Waals surface area contributed by atoms with E-state index in [-0.39, 0.29) is 5.97 Å². The molecule has 0 heterocycles. The molecule has 2 aromatic carbocycles. The van der Waals surface area contributed by atoms with Gasteiger partial charge in [0.25, 0.3) is 0 Å². The molecule has 0 aliphatic carbocycles. The highest BCUT2D eigenvalue weighted by Gasteiger charge is 2.11. The fourth-order valence-electron chi connectivity index (χ4n) is 1.80. The van der Waals surface area contributed by atoms with Crippen molar-refractivity contribution in [3.05, 3.63) is 65.2 Å². The molecule has 0 saturated carbocycles. The van der Waals surface area contributed by atoms with Gasteiger partial charge in [-0.15, -0.1) is 11.8 Å². The van der Waals surface area contributed by atoms with Crippen molar-refractivity contribution in [1.82, 2.24) is 0 Å². The highest BCUT2D eigenvalue weighted by molar-refractivity contribution is 7.98. The van der Waals surface area contributed by atoms with Gasteiger partial charge in [-0.25, -0.2) is 4.79 Å². The summed E-state index contributed by atoms with van der Waals surface area (Å²) in [5.74, 6) is -0.0973. The molecule has 0 unspecified atom stereocenters. The summed E-state index contributed by atoms with van der Waals surface area (Å²) in [7, 11) is 1.37. The maximum atomic E-state index is 11.7. The summed E-state index contributed by atoms with van der Waals surface area (Å²) in [5.41, 5.74) is 7.29. The van der Waals surface area contributed by atoms with Gasteiger partial charge < -0.3 is 10.5 Å². The van der Waals surface area contributed by atoms with Crippen molar-refractivity contribution in [3.63, 3.8) is 0 Å². The van der Waals surface area contributed by atoms with Crippen molar-refractivity contribution in [3.8, 4) is 0 Å². The lowest BCUT2D eigenvalue weighted by Crippen LogP contribution is -2.10. The Morgan fingerprint density at radius 3 is 2.38 bits per heavy atom. The summed E-state index contributed by atoms with van der Waals surface area (Å²) in [6, 6.07) is 14.4. The molecule has 2 rings (SSSR count). The Morgan fingerprint density at radius 2 is 1.76 bits per heavy atom. The molecule has 108 valence electrons. The minimum atomic E-state index is -0.440. The molecular formula is C16H15NO3S. The molecule has 0 aliphatic heterocycles. The molecule has 0 saturated heterocycles. The highest BCUT2D eigenvalue weighted by Crippen LogP contribution is 2.26. The zero-order valence-corrected chi connectivity index (χ0v) is 12.4. The number of hydrogen-bond acceptors (Lipinski definition) is 4. The Morgan fingerprint density at radius 1 is 1.10 bits per heavy atom. The Bertz CT molecular complexity index is 653. The van der Waals surface area contributed by atoms with Gasteiger partial charge in [-0.3, -0.25) is 4.79 Å². The predicted molar refractivity (Wildman–Crippen MR) is 82.3 cm³/mol. The number of carbonyl (C=O) groups is 2. The van der Waals surface area contributed by atoms with E-state index >= 15 is 0 Å². The van der Waals surface area contributed by atoms with Gasteiger partial charge in [0.1, 0.15) is 0 Å². The van der Waals surface area contributed by atoms with Crippen molar-refractivity contribution in [1.29, 1.82) is 0 Å². The van der Waals surface area contributed by atoms with E-state index < -0.39 is 5.91 Å². The molecule has 5 heteroatoms. The Balaban J connectivity index is 2.09. The summed E-state index contributed by atoms with van der Waals surface area (Å²) >= 11 is 1.54. The van der Waals surface area contributed by atoms with Gasteiger partial charge in [0.15, 0.2) is 0 Å². The zero-order valence-electron chi connectivity index (χ0n) is 11.5. The second kappa shape index (κ2) is 6.95. The predicted octanol–water partition coefficient (Wildman–Crippen LogP) is 2.86. The molecule has 2 N–H and O–H groups in total. The Labute approximate surface area is 127 Å². The van der Waals surface area contributed by atoms with E-state index in [1.807, 2.05) is 24.3 Å². The van der Waals surface area contributed by atoms with Crippen LogP contribution in [0, 0.1) is 0 Å². The fourth-order valence-corrected chi connectivity index (χ4v) is 2.79. The molecule has 0 aromatic heterocycles. The molecule has 4 nitrogen and oxygen atoms in total. The number of benzene rings is 2. The van der Waals surface area contributed by atoms with Crippen LogP contribution in [0.25, 0.3) is 0 Å². The molecule has 0 fully saturated rings. The monoisotopic (exact) mass is 301 g/mol. The molecule has 1 amide bonds. The van der Waals surface area contributed by atoms with Crippen molar-refractivity contribution < 1.29 is 14.3 Å². The van der Waals surface area contributed by atoms with Crippen LogP contribution in [0.2, 0.25) is 0 Å². The maximum absolute atomic E-state index is 11.7. The van der Waals surface area contributed by atoms with Gasteiger partial charge in [0.2, 0.25) is 5.91 Å². The first-order valence-corrected chi connectivity index (χ1v) is 7.29. The molecule has 0 aliphatic rings. The Hall–Kier alpha value is -2.27. The molecule has 2 aromatic rings. The molecule has 0 radical (unpaired) electrons. The number of methoxy groups -OCH3 is 1. The Kier molecular flexibility index (Phi) is 5.00. The van der Waals surface area contributed by atoms with E-state index in [0.29, 0.717) is 16.9 Å². The lowest BCUT2D eigenvalue weighted by molar-refractivity contribution is 0.0596. The third-order valence-electron chi connectivity index (χ3n) is 2.93. The van der Waals surface area contributed by atoms with E-state index in [4.69, 9.17) is 10.5 Å². The lowest BCUT2D eigenvalue weighted by Gasteiger charge is -2.07. The summed E-state index contributed by atoms with van der Waals surface area (Å²) in [6.45, 7) is 0. The number of primary amides is 1. The normalized spacial score (nSPS) is 10.1. The van der Waals surface area contributed by atoms with Gasteiger partial charge >= 0.3 is 5.97 Å². The van der Waals surface area contributed by atoms with Gasteiger partial charge in [0.05, 0.1) is 12.7 Å². The topological polar surface area (TPSA) is 69.4 Å². The molecule has 21 heavy (non-hydrogen) atoms.